The van der Waals surface area contributed by atoms with Gasteiger partial charge in [0.1, 0.15) is 5.69 Å². The van der Waals surface area contributed by atoms with Gasteiger partial charge in [-0.1, -0.05) is 0 Å². The first-order chi connectivity index (χ1) is 16.0. The molecule has 4 rings (SSSR count). The number of hydrogen-bond donors (Lipinski definition) is 3. The lowest BCUT2D eigenvalue weighted by molar-refractivity contribution is -0.118. The highest BCUT2D eigenvalue weighted by atomic mass is 32.2. The largest absolute Gasteiger partial charge is 0.343 e. The van der Waals surface area contributed by atoms with Gasteiger partial charge in [0.25, 0.3) is 0 Å². The minimum Gasteiger partial charge on any atom is -0.343 e. The van der Waals surface area contributed by atoms with E-state index in [1.165, 1.54) is 17.0 Å². The van der Waals surface area contributed by atoms with Crippen molar-refractivity contribution in [3.63, 3.8) is 0 Å². The van der Waals surface area contributed by atoms with Crippen molar-refractivity contribution in [2.24, 2.45) is 0 Å². The number of aromatic nitrogens is 2. The second-order valence-electron chi connectivity index (χ2n) is 8.86. The predicted molar refractivity (Wildman–Crippen MR) is 130 cm³/mol. The van der Waals surface area contributed by atoms with Crippen molar-refractivity contribution in [3.05, 3.63) is 24.4 Å². The standard InChI is InChI=1S/C22H29N7O4S/c1-13(2)29-12-19(30)28(3)18-11-24-22(27-20(18)29)26-15-8-14(9-16(10-15)34(4,32)33)25-21(31)17-6-5-7-23-17/h8-11,13,17,23H,5-7,12H2,1-4H3,(H,25,31)(H,24,26,27)/t17-/m0/s1. The summed E-state index contributed by atoms with van der Waals surface area (Å²) in [6.07, 6.45) is 4.32. The van der Waals surface area contributed by atoms with E-state index in [1.54, 1.807) is 19.3 Å². The van der Waals surface area contributed by atoms with Crippen LogP contribution in [0.5, 0.6) is 0 Å². The molecule has 1 atom stereocenters. The molecule has 0 bridgehead atoms. The molecule has 34 heavy (non-hydrogen) atoms. The summed E-state index contributed by atoms with van der Waals surface area (Å²) in [5.41, 5.74) is 1.36. The Morgan fingerprint density at radius 3 is 2.62 bits per heavy atom. The number of fused-ring (bicyclic) bond motifs is 1. The van der Waals surface area contributed by atoms with Gasteiger partial charge in [0.05, 0.1) is 23.7 Å². The SMILES string of the molecule is CC(C)N1CC(=O)N(C)c2cnc(Nc3cc(NC(=O)[C@@H]4CCCN4)cc(S(C)(=O)=O)c3)nc21. The molecule has 0 aliphatic carbocycles. The Labute approximate surface area is 198 Å². The van der Waals surface area contributed by atoms with Crippen molar-refractivity contribution < 1.29 is 18.0 Å². The van der Waals surface area contributed by atoms with Gasteiger partial charge in [-0.2, -0.15) is 4.98 Å². The average Bonchev–Trinajstić information content (AvgIpc) is 3.30. The van der Waals surface area contributed by atoms with Gasteiger partial charge in [-0.25, -0.2) is 13.4 Å². The Balaban J connectivity index is 1.66. The number of amides is 2. The Morgan fingerprint density at radius 1 is 1.24 bits per heavy atom. The first kappa shape index (κ1) is 23.9. The third-order valence-electron chi connectivity index (χ3n) is 5.92. The molecule has 1 saturated heterocycles. The van der Waals surface area contributed by atoms with Crippen LogP contribution in [0.25, 0.3) is 0 Å². The maximum atomic E-state index is 12.6. The van der Waals surface area contributed by atoms with Crippen LogP contribution in [0.4, 0.5) is 28.8 Å². The number of hydrogen-bond acceptors (Lipinski definition) is 9. The Kier molecular flexibility index (Phi) is 6.45. The molecule has 0 unspecified atom stereocenters. The highest BCUT2D eigenvalue weighted by molar-refractivity contribution is 7.90. The minimum absolute atomic E-state index is 0.0405. The monoisotopic (exact) mass is 487 g/mol. The van der Waals surface area contributed by atoms with E-state index in [1.807, 2.05) is 18.7 Å². The highest BCUT2D eigenvalue weighted by Gasteiger charge is 2.30. The number of carbonyl (C=O) groups is 2. The number of benzene rings is 1. The molecule has 11 nitrogen and oxygen atoms in total. The molecule has 182 valence electrons. The fourth-order valence-corrected chi connectivity index (χ4v) is 4.67. The van der Waals surface area contributed by atoms with Crippen LogP contribution in [0, 0.1) is 0 Å². The molecule has 2 aliphatic heterocycles. The fourth-order valence-electron chi connectivity index (χ4n) is 3.99. The van der Waals surface area contributed by atoms with Crippen molar-refractivity contribution in [2.75, 3.05) is 46.8 Å². The molecular weight excluding hydrogens is 458 g/mol. The second kappa shape index (κ2) is 9.18. The summed E-state index contributed by atoms with van der Waals surface area (Å²) in [6.45, 7) is 4.92. The molecule has 1 aromatic heterocycles. The zero-order valence-electron chi connectivity index (χ0n) is 19.6. The van der Waals surface area contributed by atoms with E-state index >= 15 is 0 Å². The van der Waals surface area contributed by atoms with Gasteiger partial charge < -0.3 is 25.8 Å². The van der Waals surface area contributed by atoms with Crippen molar-refractivity contribution in [1.29, 1.82) is 0 Å². The van der Waals surface area contributed by atoms with E-state index in [9.17, 15) is 18.0 Å². The third kappa shape index (κ3) is 4.97. The van der Waals surface area contributed by atoms with Crippen LogP contribution >= 0.6 is 0 Å². The molecule has 12 heteroatoms. The number of carbonyl (C=O) groups excluding carboxylic acids is 2. The van der Waals surface area contributed by atoms with E-state index in [2.05, 4.69) is 25.9 Å². The Hall–Kier alpha value is -3.25. The summed E-state index contributed by atoms with van der Waals surface area (Å²) in [5, 5.41) is 8.98. The molecule has 3 heterocycles. The average molecular weight is 488 g/mol. The van der Waals surface area contributed by atoms with Crippen LogP contribution in [0.15, 0.2) is 29.3 Å². The number of nitrogens with one attached hydrogen (secondary N) is 3. The molecule has 1 aromatic carbocycles. The number of nitrogens with zero attached hydrogens (tertiary/aromatic N) is 4. The molecule has 0 spiro atoms. The first-order valence-electron chi connectivity index (χ1n) is 11.1. The summed E-state index contributed by atoms with van der Waals surface area (Å²) >= 11 is 0. The number of anilines is 5. The topological polar surface area (TPSA) is 137 Å². The van der Waals surface area contributed by atoms with Crippen LogP contribution in [0.1, 0.15) is 26.7 Å². The van der Waals surface area contributed by atoms with E-state index in [0.717, 1.165) is 25.6 Å². The summed E-state index contributed by atoms with van der Waals surface area (Å²) in [7, 11) is -1.86. The van der Waals surface area contributed by atoms with Gasteiger partial charge in [0.2, 0.25) is 17.8 Å². The van der Waals surface area contributed by atoms with Gasteiger partial charge in [0, 0.05) is 30.7 Å². The smallest absolute Gasteiger partial charge is 0.246 e. The first-order valence-corrected chi connectivity index (χ1v) is 13.0. The van der Waals surface area contributed by atoms with E-state index in [-0.39, 0.29) is 41.3 Å². The lowest BCUT2D eigenvalue weighted by Gasteiger charge is -2.36. The molecule has 1 fully saturated rings. The van der Waals surface area contributed by atoms with E-state index in [4.69, 9.17) is 0 Å². The Morgan fingerprint density at radius 2 is 1.97 bits per heavy atom. The quantitative estimate of drug-likeness (QED) is 0.554. The van der Waals surface area contributed by atoms with Crippen LogP contribution < -0.4 is 25.8 Å². The molecule has 2 aliphatic rings. The lowest BCUT2D eigenvalue weighted by Crippen LogP contribution is -2.47. The predicted octanol–water partition coefficient (Wildman–Crippen LogP) is 1.51. The lowest BCUT2D eigenvalue weighted by atomic mass is 10.2. The highest BCUT2D eigenvalue weighted by Crippen LogP contribution is 2.33. The van der Waals surface area contributed by atoms with Gasteiger partial charge >= 0.3 is 0 Å². The maximum Gasteiger partial charge on any atom is 0.246 e. The molecule has 2 aromatic rings. The van der Waals surface area contributed by atoms with Crippen molar-refractivity contribution in [2.45, 2.75) is 43.7 Å². The molecule has 2 amide bonds. The normalized spacial score (nSPS) is 18.3. The molecule has 3 N–H and O–H groups in total. The fraction of sp³-hybridized carbons (Fsp3) is 0.455. The summed E-state index contributed by atoms with van der Waals surface area (Å²) in [4.78, 5) is 37.3. The Bertz CT molecular complexity index is 1230. The zero-order valence-corrected chi connectivity index (χ0v) is 20.4. The molecular formula is C22H29N7O4S. The van der Waals surface area contributed by atoms with Crippen LogP contribution in [-0.4, -0.2) is 68.7 Å². The number of rotatable bonds is 6. The minimum atomic E-state index is -3.54. The molecule has 0 radical (unpaired) electrons. The summed E-state index contributed by atoms with van der Waals surface area (Å²) in [6, 6.07) is 4.28. The van der Waals surface area contributed by atoms with Crippen molar-refractivity contribution >= 4 is 50.5 Å². The van der Waals surface area contributed by atoms with Crippen LogP contribution in [0.2, 0.25) is 0 Å². The molecule has 0 saturated carbocycles. The van der Waals surface area contributed by atoms with Gasteiger partial charge in [-0.05, 0) is 51.4 Å². The van der Waals surface area contributed by atoms with Gasteiger partial charge in [-0.15, -0.1) is 0 Å². The zero-order chi connectivity index (χ0) is 24.6. The van der Waals surface area contributed by atoms with Crippen molar-refractivity contribution in [1.82, 2.24) is 15.3 Å². The van der Waals surface area contributed by atoms with Crippen LogP contribution in [0.3, 0.4) is 0 Å². The van der Waals surface area contributed by atoms with Gasteiger partial charge in [-0.3, -0.25) is 9.59 Å². The summed E-state index contributed by atoms with van der Waals surface area (Å²) < 4.78 is 24.6. The van der Waals surface area contributed by atoms with Gasteiger partial charge in [0.15, 0.2) is 15.7 Å². The van der Waals surface area contributed by atoms with Crippen molar-refractivity contribution in [3.8, 4) is 0 Å². The maximum absolute atomic E-state index is 12.6. The van der Waals surface area contributed by atoms with E-state index in [0.29, 0.717) is 22.9 Å². The second-order valence-corrected chi connectivity index (χ2v) is 10.9. The summed E-state index contributed by atoms with van der Waals surface area (Å²) in [5.74, 6) is 0.588. The van der Waals surface area contributed by atoms with Crippen LogP contribution in [-0.2, 0) is 19.4 Å². The number of sulfone groups is 1. The third-order valence-corrected chi connectivity index (χ3v) is 7.01. The van der Waals surface area contributed by atoms with E-state index < -0.39 is 9.84 Å². The number of likely N-dealkylation sites (N-methyl/N-ethyl adjacent to an activating group) is 1.